The van der Waals surface area contributed by atoms with Gasteiger partial charge in [0, 0.05) is 14.1 Å². The lowest BCUT2D eigenvalue weighted by molar-refractivity contribution is 0.596. The molecule has 7 heteroatoms. The lowest BCUT2D eigenvalue weighted by Gasteiger charge is -2.18. The molecule has 2 aromatic heterocycles. The second kappa shape index (κ2) is 4.60. The summed E-state index contributed by atoms with van der Waals surface area (Å²) in [5, 5.41) is 1.75. The number of rotatable bonds is 3. The molecular weight excluding hydrogens is 294 g/mol. The normalized spacial score (nSPS) is 11.9. The van der Waals surface area contributed by atoms with Crippen molar-refractivity contribution in [2.24, 2.45) is 7.05 Å². The molecule has 104 valence electrons. The predicted octanol–water partition coefficient (Wildman–Crippen LogP) is 2.46. The fourth-order valence-electron chi connectivity index (χ4n) is 2.00. The van der Waals surface area contributed by atoms with Gasteiger partial charge in [0.2, 0.25) is 0 Å². The van der Waals surface area contributed by atoms with Crippen LogP contribution >= 0.6 is 11.3 Å². The first-order valence-electron chi connectivity index (χ1n) is 5.93. The standard InChI is InChI=1S/C13H13N3O2S2/c1-15-9-14-11-8-10(5-6-12(11)15)16(2)20(17,18)13-4-3-7-19-13/h3-9H,1-2H3. The molecule has 2 heterocycles. The van der Waals surface area contributed by atoms with Crippen molar-refractivity contribution in [2.45, 2.75) is 4.21 Å². The molecule has 0 aliphatic rings. The van der Waals surface area contributed by atoms with E-state index in [0.717, 1.165) is 11.0 Å². The van der Waals surface area contributed by atoms with Crippen molar-refractivity contribution in [1.82, 2.24) is 9.55 Å². The van der Waals surface area contributed by atoms with Crippen LogP contribution in [0.3, 0.4) is 0 Å². The van der Waals surface area contributed by atoms with Crippen molar-refractivity contribution in [3.8, 4) is 0 Å². The molecule has 0 amide bonds. The van der Waals surface area contributed by atoms with E-state index in [1.807, 2.05) is 17.7 Å². The Bertz CT molecular complexity index is 851. The van der Waals surface area contributed by atoms with Crippen molar-refractivity contribution in [2.75, 3.05) is 11.4 Å². The summed E-state index contributed by atoms with van der Waals surface area (Å²) in [7, 11) is -0.0347. The highest BCUT2D eigenvalue weighted by atomic mass is 32.2. The van der Waals surface area contributed by atoms with Gasteiger partial charge in [-0.05, 0) is 29.6 Å². The zero-order chi connectivity index (χ0) is 14.3. The Morgan fingerprint density at radius 3 is 2.80 bits per heavy atom. The van der Waals surface area contributed by atoms with E-state index in [9.17, 15) is 8.42 Å². The number of fused-ring (bicyclic) bond motifs is 1. The molecule has 0 aliphatic heterocycles. The van der Waals surface area contributed by atoms with Crippen LogP contribution in [0.1, 0.15) is 0 Å². The van der Waals surface area contributed by atoms with Crippen LogP contribution in [0.2, 0.25) is 0 Å². The first-order chi connectivity index (χ1) is 9.50. The zero-order valence-electron chi connectivity index (χ0n) is 11.0. The second-order valence-electron chi connectivity index (χ2n) is 4.43. The van der Waals surface area contributed by atoms with Crippen LogP contribution in [0.25, 0.3) is 11.0 Å². The second-order valence-corrected chi connectivity index (χ2v) is 7.58. The maximum atomic E-state index is 12.4. The average Bonchev–Trinajstić information content (AvgIpc) is 3.08. The van der Waals surface area contributed by atoms with Gasteiger partial charge in [0.1, 0.15) is 4.21 Å². The SMILES string of the molecule is CN(c1ccc2c(c1)ncn2C)S(=O)(=O)c1cccs1. The van der Waals surface area contributed by atoms with Gasteiger partial charge in [0.25, 0.3) is 10.0 Å². The molecule has 3 aromatic rings. The summed E-state index contributed by atoms with van der Waals surface area (Å²) >= 11 is 1.21. The smallest absolute Gasteiger partial charge is 0.273 e. The van der Waals surface area contributed by atoms with Gasteiger partial charge in [0.15, 0.2) is 0 Å². The summed E-state index contributed by atoms with van der Waals surface area (Å²) in [5.74, 6) is 0. The van der Waals surface area contributed by atoms with Crippen molar-refractivity contribution in [3.63, 3.8) is 0 Å². The van der Waals surface area contributed by atoms with Crippen LogP contribution in [0.5, 0.6) is 0 Å². The van der Waals surface area contributed by atoms with E-state index < -0.39 is 10.0 Å². The van der Waals surface area contributed by atoms with E-state index in [0.29, 0.717) is 9.90 Å². The molecule has 0 bridgehead atoms. The third-order valence-electron chi connectivity index (χ3n) is 3.18. The van der Waals surface area contributed by atoms with E-state index in [-0.39, 0.29) is 0 Å². The fourth-order valence-corrected chi connectivity index (χ4v) is 4.35. The lowest BCUT2D eigenvalue weighted by atomic mass is 10.3. The maximum Gasteiger partial charge on any atom is 0.273 e. The Balaban J connectivity index is 2.06. The molecule has 1 aromatic carbocycles. The van der Waals surface area contributed by atoms with Crippen molar-refractivity contribution in [3.05, 3.63) is 42.0 Å². The minimum absolute atomic E-state index is 0.334. The Kier molecular flexibility index (Phi) is 3.02. The van der Waals surface area contributed by atoms with Gasteiger partial charge in [-0.2, -0.15) is 0 Å². The van der Waals surface area contributed by atoms with Gasteiger partial charge in [-0.3, -0.25) is 4.31 Å². The molecule has 0 radical (unpaired) electrons. The van der Waals surface area contributed by atoms with Crippen molar-refractivity contribution >= 4 is 38.1 Å². The first kappa shape index (κ1) is 13.1. The molecule has 3 rings (SSSR count). The number of nitrogens with zero attached hydrogens (tertiary/aromatic N) is 3. The summed E-state index contributed by atoms with van der Waals surface area (Å²) in [6, 6.07) is 8.77. The highest BCUT2D eigenvalue weighted by molar-refractivity contribution is 7.94. The predicted molar refractivity (Wildman–Crippen MR) is 80.6 cm³/mol. The van der Waals surface area contributed by atoms with Crippen LogP contribution in [0.15, 0.2) is 46.2 Å². The number of aryl methyl sites for hydroxylation is 1. The lowest BCUT2D eigenvalue weighted by Crippen LogP contribution is -2.25. The zero-order valence-corrected chi connectivity index (χ0v) is 12.6. The number of hydrogen-bond acceptors (Lipinski definition) is 4. The molecule has 0 unspecified atom stereocenters. The summed E-state index contributed by atoms with van der Waals surface area (Å²) < 4.78 is 28.4. The Hall–Kier alpha value is -1.86. The third-order valence-corrected chi connectivity index (χ3v) is 6.34. The third kappa shape index (κ3) is 1.99. The molecule has 0 fully saturated rings. The fraction of sp³-hybridized carbons (Fsp3) is 0.154. The molecule has 0 saturated heterocycles. The van der Waals surface area contributed by atoms with Crippen LogP contribution in [-0.4, -0.2) is 25.0 Å². The van der Waals surface area contributed by atoms with E-state index >= 15 is 0 Å². The Morgan fingerprint density at radius 2 is 2.10 bits per heavy atom. The molecular formula is C13H13N3O2S2. The van der Waals surface area contributed by atoms with E-state index in [2.05, 4.69) is 4.98 Å². The van der Waals surface area contributed by atoms with Crippen molar-refractivity contribution < 1.29 is 8.42 Å². The minimum atomic E-state index is -3.49. The monoisotopic (exact) mass is 307 g/mol. The van der Waals surface area contributed by atoms with Gasteiger partial charge in [-0.1, -0.05) is 6.07 Å². The molecule has 0 atom stereocenters. The van der Waals surface area contributed by atoms with Gasteiger partial charge < -0.3 is 4.57 Å². The summed E-state index contributed by atoms with van der Waals surface area (Å²) in [6.45, 7) is 0. The highest BCUT2D eigenvalue weighted by Gasteiger charge is 2.22. The minimum Gasteiger partial charge on any atom is -0.334 e. The van der Waals surface area contributed by atoms with Gasteiger partial charge >= 0.3 is 0 Å². The number of hydrogen-bond donors (Lipinski definition) is 0. The Labute approximate surface area is 121 Å². The number of thiophene rings is 1. The Morgan fingerprint density at radius 1 is 1.30 bits per heavy atom. The van der Waals surface area contributed by atoms with Crippen LogP contribution in [-0.2, 0) is 17.1 Å². The van der Waals surface area contributed by atoms with E-state index in [1.54, 1.807) is 43.0 Å². The summed E-state index contributed by atoms with van der Waals surface area (Å²) in [4.78, 5) is 4.25. The molecule has 0 N–H and O–H groups in total. The number of benzene rings is 1. The number of anilines is 1. The van der Waals surface area contributed by atoms with E-state index in [4.69, 9.17) is 0 Å². The quantitative estimate of drug-likeness (QED) is 0.747. The van der Waals surface area contributed by atoms with Crippen LogP contribution in [0.4, 0.5) is 5.69 Å². The number of sulfonamides is 1. The first-order valence-corrected chi connectivity index (χ1v) is 8.25. The van der Waals surface area contributed by atoms with E-state index in [1.165, 1.54) is 15.6 Å². The summed E-state index contributed by atoms with van der Waals surface area (Å²) in [6.07, 6.45) is 1.71. The molecule has 0 saturated carbocycles. The highest BCUT2D eigenvalue weighted by Crippen LogP contribution is 2.27. The number of aromatic nitrogens is 2. The largest absolute Gasteiger partial charge is 0.334 e. The molecule has 0 aliphatic carbocycles. The average molecular weight is 307 g/mol. The topological polar surface area (TPSA) is 55.2 Å². The molecule has 5 nitrogen and oxygen atoms in total. The van der Waals surface area contributed by atoms with Crippen molar-refractivity contribution in [1.29, 1.82) is 0 Å². The van der Waals surface area contributed by atoms with Gasteiger partial charge in [-0.15, -0.1) is 11.3 Å². The van der Waals surface area contributed by atoms with Crippen LogP contribution in [0, 0.1) is 0 Å². The van der Waals surface area contributed by atoms with Crippen LogP contribution < -0.4 is 4.31 Å². The molecule has 20 heavy (non-hydrogen) atoms. The van der Waals surface area contributed by atoms with Gasteiger partial charge in [-0.25, -0.2) is 13.4 Å². The molecule has 0 spiro atoms. The maximum absolute atomic E-state index is 12.4. The van der Waals surface area contributed by atoms with Gasteiger partial charge in [0.05, 0.1) is 23.0 Å². The summed E-state index contributed by atoms with van der Waals surface area (Å²) in [5.41, 5.74) is 2.35. The number of imidazole rings is 1.